The highest BCUT2D eigenvalue weighted by atomic mass is 32.2. The van der Waals surface area contributed by atoms with Crippen LogP contribution in [0.5, 0.6) is 0 Å². The van der Waals surface area contributed by atoms with Gasteiger partial charge in [-0.3, -0.25) is 8.22 Å². The minimum atomic E-state index is -3.82. The third-order valence-electron chi connectivity index (χ3n) is 1.20. The van der Waals surface area contributed by atoms with Gasteiger partial charge in [0.2, 0.25) is 0 Å². The van der Waals surface area contributed by atoms with Crippen LogP contribution < -0.4 is 5.32 Å². The van der Waals surface area contributed by atoms with Crippen molar-refractivity contribution in [3.8, 4) is 0 Å². The molecule has 12 heavy (non-hydrogen) atoms. The van der Waals surface area contributed by atoms with Crippen LogP contribution in [0.1, 0.15) is 6.42 Å². The van der Waals surface area contributed by atoms with Crippen molar-refractivity contribution in [2.45, 2.75) is 19.0 Å². The molecule has 1 nitrogen and oxygen atoms in total. The van der Waals surface area contributed by atoms with Gasteiger partial charge in [0.05, 0.1) is 0 Å². The van der Waals surface area contributed by atoms with Crippen LogP contribution in [0.4, 0.5) is 8.22 Å². The van der Waals surface area contributed by atoms with Crippen LogP contribution >= 0.6 is 24.0 Å². The Kier molecular flexibility index (Phi) is 6.03. The van der Waals surface area contributed by atoms with Crippen LogP contribution in [-0.4, -0.2) is 25.9 Å². The number of halogens is 2. The molecule has 0 radical (unpaired) electrons. The molecule has 72 valence electrons. The average Bonchev–Trinajstić information content (AvgIpc) is 1.96. The second-order valence-corrected chi connectivity index (χ2v) is 6.97. The first kappa shape index (κ1) is 12.3. The normalized spacial score (nSPS) is 11.3. The topological polar surface area (TPSA) is 12.0 Å². The van der Waals surface area contributed by atoms with Crippen molar-refractivity contribution in [3.63, 3.8) is 0 Å². The zero-order valence-electron chi connectivity index (χ0n) is 7.19. The second-order valence-electron chi connectivity index (χ2n) is 2.56. The summed E-state index contributed by atoms with van der Waals surface area (Å²) in [5.41, 5.74) is 0. The first-order valence-electron chi connectivity index (χ1n) is 3.68. The van der Waals surface area contributed by atoms with Crippen molar-refractivity contribution < 1.29 is 8.22 Å². The summed E-state index contributed by atoms with van der Waals surface area (Å²) in [6.45, 7) is 1.08. The molecule has 0 saturated carbocycles. The molecular formula is C6H13F2NS2Si. The van der Waals surface area contributed by atoms with Crippen molar-refractivity contribution in [2.75, 3.05) is 12.8 Å². The third kappa shape index (κ3) is 8.41. The van der Waals surface area contributed by atoms with E-state index in [1.807, 2.05) is 0 Å². The minimum absolute atomic E-state index is 0.0757. The molecule has 0 atom stereocenters. The van der Waals surface area contributed by atoms with Gasteiger partial charge in [0.15, 0.2) is 0 Å². The molecule has 0 aromatic heterocycles. The molecule has 1 N–H and O–H groups in total. The fourth-order valence-corrected chi connectivity index (χ4v) is 2.54. The molecule has 0 aliphatic rings. The van der Waals surface area contributed by atoms with E-state index in [2.05, 4.69) is 5.32 Å². The number of nitrogens with one attached hydrogen (secondary N) is 1. The van der Waals surface area contributed by atoms with Crippen LogP contribution in [0.15, 0.2) is 0 Å². The van der Waals surface area contributed by atoms with Crippen LogP contribution in [0, 0.1) is 0 Å². The van der Waals surface area contributed by atoms with Gasteiger partial charge in [0.25, 0.3) is 0 Å². The lowest BCUT2D eigenvalue weighted by atomic mass is 10.6. The summed E-state index contributed by atoms with van der Waals surface area (Å²) < 4.78 is 25.5. The Morgan fingerprint density at radius 2 is 2.17 bits per heavy atom. The lowest BCUT2D eigenvalue weighted by Gasteiger charge is -2.05. The maximum Gasteiger partial charge on any atom is 0.422 e. The Morgan fingerprint density at radius 3 is 2.58 bits per heavy atom. The monoisotopic (exact) mass is 229 g/mol. The van der Waals surface area contributed by atoms with Crippen LogP contribution in [0.2, 0.25) is 12.6 Å². The van der Waals surface area contributed by atoms with E-state index in [1.165, 1.54) is 11.8 Å². The van der Waals surface area contributed by atoms with Gasteiger partial charge in [-0.2, -0.15) is 0 Å². The van der Waals surface area contributed by atoms with Gasteiger partial charge in [0.1, 0.15) is 4.32 Å². The molecule has 0 aliphatic carbocycles. The zero-order chi connectivity index (χ0) is 9.61. The first-order chi connectivity index (χ1) is 5.45. The molecule has 0 amide bonds. The summed E-state index contributed by atoms with van der Waals surface area (Å²) in [4.78, 5) is 0. The smallest absolute Gasteiger partial charge is 0.374 e. The quantitative estimate of drug-likeness (QED) is 0.344. The van der Waals surface area contributed by atoms with E-state index in [0.29, 0.717) is 16.5 Å². The van der Waals surface area contributed by atoms with E-state index in [-0.39, 0.29) is 6.04 Å². The van der Waals surface area contributed by atoms with E-state index in [4.69, 9.17) is 12.2 Å². The molecule has 0 rings (SSSR count). The van der Waals surface area contributed by atoms with Gasteiger partial charge in [-0.1, -0.05) is 24.0 Å². The highest BCUT2D eigenvalue weighted by molar-refractivity contribution is 8.22. The van der Waals surface area contributed by atoms with E-state index >= 15 is 0 Å². The number of thiocarbonyl (C=S) groups is 1. The highest BCUT2D eigenvalue weighted by Gasteiger charge is 2.26. The molecule has 0 aliphatic heterocycles. The summed E-state index contributed by atoms with van der Waals surface area (Å²) in [6, 6.07) is 0.0757. The van der Waals surface area contributed by atoms with Crippen LogP contribution in [-0.2, 0) is 0 Å². The minimum Gasteiger partial charge on any atom is -0.374 e. The van der Waals surface area contributed by atoms with Crippen LogP contribution in [0.3, 0.4) is 0 Å². The maximum atomic E-state index is 12.4. The van der Waals surface area contributed by atoms with Crippen molar-refractivity contribution in [1.82, 2.24) is 5.32 Å². The largest absolute Gasteiger partial charge is 0.422 e. The number of hydrogen-bond acceptors (Lipinski definition) is 2. The maximum absolute atomic E-state index is 12.4. The van der Waals surface area contributed by atoms with Crippen LogP contribution in [0.25, 0.3) is 0 Å². The van der Waals surface area contributed by atoms with Gasteiger partial charge in [0, 0.05) is 12.8 Å². The molecule has 0 heterocycles. The standard InChI is InChI=1S/C6H13F2NS2Si/c1-9-6(10)11-4-3-5-12(2,7)8/h3-5H2,1-2H3,(H,9,10). The molecule has 0 aromatic rings. The predicted molar refractivity (Wildman–Crippen MR) is 57.4 cm³/mol. The van der Waals surface area contributed by atoms with Crippen molar-refractivity contribution >= 4 is 37.0 Å². The Bertz CT molecular complexity index is 149. The molecule has 0 fully saturated rings. The Hall–Kier alpha value is 0.317. The first-order valence-corrected chi connectivity index (χ1v) is 7.54. The summed E-state index contributed by atoms with van der Waals surface area (Å²) >= 11 is 6.26. The Labute approximate surface area is 82.7 Å². The number of hydrogen-bond donors (Lipinski definition) is 1. The van der Waals surface area contributed by atoms with Gasteiger partial charge in [-0.25, -0.2) is 0 Å². The molecule has 0 bridgehead atoms. The highest BCUT2D eigenvalue weighted by Crippen LogP contribution is 2.17. The SMILES string of the molecule is CNC(=S)SCCC[Si](C)(F)F. The molecule has 0 saturated heterocycles. The van der Waals surface area contributed by atoms with Gasteiger partial charge in [-0.05, 0) is 19.0 Å². The molecule has 0 aromatic carbocycles. The second kappa shape index (κ2) is 5.88. The third-order valence-corrected chi connectivity index (χ3v) is 3.95. The average molecular weight is 229 g/mol. The Morgan fingerprint density at radius 1 is 1.58 bits per heavy atom. The fraction of sp³-hybridized carbons (Fsp3) is 0.833. The van der Waals surface area contributed by atoms with Crippen molar-refractivity contribution in [1.29, 1.82) is 0 Å². The van der Waals surface area contributed by atoms with E-state index in [9.17, 15) is 8.22 Å². The zero-order valence-corrected chi connectivity index (χ0v) is 9.83. The molecule has 6 heteroatoms. The summed E-state index contributed by atoms with van der Waals surface area (Å²) in [5.74, 6) is 0.691. The number of thioether (sulfide) groups is 1. The lowest BCUT2D eigenvalue weighted by Crippen LogP contribution is -2.16. The molecule has 0 unspecified atom stereocenters. The predicted octanol–water partition coefficient (Wildman–Crippen LogP) is 2.63. The van der Waals surface area contributed by atoms with Gasteiger partial charge >= 0.3 is 8.74 Å². The van der Waals surface area contributed by atoms with E-state index < -0.39 is 8.74 Å². The molecular weight excluding hydrogens is 216 g/mol. The molecule has 0 spiro atoms. The van der Waals surface area contributed by atoms with Crippen molar-refractivity contribution in [3.05, 3.63) is 0 Å². The summed E-state index contributed by atoms with van der Waals surface area (Å²) in [7, 11) is -2.08. The number of rotatable bonds is 4. The van der Waals surface area contributed by atoms with Gasteiger partial charge < -0.3 is 5.32 Å². The summed E-state index contributed by atoms with van der Waals surface area (Å²) in [5, 5.41) is 2.78. The summed E-state index contributed by atoms with van der Waals surface area (Å²) in [6.07, 6.45) is 0.558. The fourth-order valence-electron chi connectivity index (χ4n) is 0.620. The van der Waals surface area contributed by atoms with Crippen molar-refractivity contribution in [2.24, 2.45) is 0 Å². The van der Waals surface area contributed by atoms with E-state index in [1.54, 1.807) is 7.05 Å². The van der Waals surface area contributed by atoms with E-state index in [0.717, 1.165) is 6.55 Å². The lowest BCUT2D eigenvalue weighted by molar-refractivity contribution is 0.603. The van der Waals surface area contributed by atoms with Gasteiger partial charge in [-0.15, -0.1) is 0 Å². The Balaban J connectivity index is 3.28.